The molecule has 0 amide bonds. The van der Waals surface area contributed by atoms with Gasteiger partial charge >= 0.3 is 5.97 Å². The van der Waals surface area contributed by atoms with Crippen LogP contribution in [0.2, 0.25) is 0 Å². The van der Waals surface area contributed by atoms with E-state index in [2.05, 4.69) is 5.10 Å². The first kappa shape index (κ1) is 16.7. The molecule has 0 aliphatic heterocycles. The van der Waals surface area contributed by atoms with Gasteiger partial charge in [-0.2, -0.15) is 5.10 Å². The van der Waals surface area contributed by atoms with Crippen LogP contribution < -0.4 is 10.5 Å². The summed E-state index contributed by atoms with van der Waals surface area (Å²) in [5.74, 6) is -0.434. The molecular weight excluding hydrogens is 324 g/mol. The molecule has 7 heteroatoms. The van der Waals surface area contributed by atoms with Crippen molar-refractivity contribution in [2.24, 2.45) is 12.0 Å². The summed E-state index contributed by atoms with van der Waals surface area (Å²) in [5.41, 5.74) is 7.62. The molecule has 1 heterocycles. The fraction of sp³-hybridized carbons (Fsp3) is 0.471. The van der Waals surface area contributed by atoms with Crippen molar-refractivity contribution in [3.63, 3.8) is 0 Å². The van der Waals surface area contributed by atoms with Crippen LogP contribution in [0.5, 0.6) is 0 Å². The zero-order valence-corrected chi connectivity index (χ0v) is 14.8. The maximum absolute atomic E-state index is 11.6. The van der Waals surface area contributed by atoms with Gasteiger partial charge in [0.1, 0.15) is 5.01 Å². The Morgan fingerprint density at radius 2 is 2.12 bits per heavy atom. The number of hydrogen-bond donors (Lipinski definition) is 1. The van der Waals surface area contributed by atoms with E-state index in [1.54, 1.807) is 23.5 Å². The highest BCUT2D eigenvalue weighted by atomic mass is 32.1. The van der Waals surface area contributed by atoms with Crippen molar-refractivity contribution in [2.75, 3.05) is 12.8 Å². The Hall–Kier alpha value is -2.15. The molecule has 1 aliphatic rings. The van der Waals surface area contributed by atoms with Gasteiger partial charge in [-0.15, -0.1) is 0 Å². The molecule has 24 heavy (non-hydrogen) atoms. The number of nitrogens with zero attached hydrogens (tertiary/aromatic N) is 3. The van der Waals surface area contributed by atoms with Crippen LogP contribution in [0.15, 0.2) is 23.2 Å². The SMILES string of the molecule is COC(=O)c1ccc(-c2nn(C)/c(=N\C3CCCCC3)s2)cc1N. The number of anilines is 1. The molecule has 0 atom stereocenters. The summed E-state index contributed by atoms with van der Waals surface area (Å²) in [4.78, 5) is 17.4. The summed E-state index contributed by atoms with van der Waals surface area (Å²) < 4.78 is 6.54. The highest BCUT2D eigenvalue weighted by Gasteiger charge is 2.15. The minimum Gasteiger partial charge on any atom is -0.465 e. The molecule has 1 saturated carbocycles. The number of benzene rings is 1. The Balaban J connectivity index is 1.90. The van der Waals surface area contributed by atoms with Gasteiger partial charge in [0.15, 0.2) is 0 Å². The number of carbonyl (C=O) groups excluding carboxylic acids is 1. The number of rotatable bonds is 3. The first-order valence-electron chi connectivity index (χ1n) is 8.14. The molecule has 0 radical (unpaired) electrons. The molecule has 1 aliphatic carbocycles. The quantitative estimate of drug-likeness (QED) is 0.684. The van der Waals surface area contributed by atoms with E-state index in [4.69, 9.17) is 15.5 Å². The van der Waals surface area contributed by atoms with E-state index in [0.717, 1.165) is 28.2 Å². The fourth-order valence-electron chi connectivity index (χ4n) is 2.94. The molecule has 6 nitrogen and oxygen atoms in total. The Morgan fingerprint density at radius 3 is 2.79 bits per heavy atom. The average molecular weight is 346 g/mol. The Bertz CT molecular complexity index is 803. The number of aromatic nitrogens is 2. The molecule has 1 fully saturated rings. The van der Waals surface area contributed by atoms with Gasteiger partial charge in [0, 0.05) is 18.3 Å². The second-order valence-electron chi connectivity index (χ2n) is 6.03. The van der Waals surface area contributed by atoms with Crippen LogP contribution in [0.4, 0.5) is 5.69 Å². The van der Waals surface area contributed by atoms with Crippen LogP contribution in [0.25, 0.3) is 10.6 Å². The summed E-state index contributed by atoms with van der Waals surface area (Å²) in [6.07, 6.45) is 6.16. The van der Waals surface area contributed by atoms with E-state index in [-0.39, 0.29) is 0 Å². The first-order chi connectivity index (χ1) is 11.6. The third-order valence-corrected chi connectivity index (χ3v) is 5.34. The summed E-state index contributed by atoms with van der Waals surface area (Å²) in [7, 11) is 3.25. The van der Waals surface area contributed by atoms with Crippen molar-refractivity contribution in [1.82, 2.24) is 9.78 Å². The smallest absolute Gasteiger partial charge is 0.339 e. The van der Waals surface area contributed by atoms with Gasteiger partial charge in [-0.05, 0) is 25.0 Å². The van der Waals surface area contributed by atoms with E-state index in [9.17, 15) is 4.79 Å². The van der Waals surface area contributed by atoms with Gasteiger partial charge in [-0.3, -0.25) is 4.99 Å². The number of nitrogen functional groups attached to an aromatic ring is 1. The van der Waals surface area contributed by atoms with Gasteiger partial charge in [-0.25, -0.2) is 9.48 Å². The van der Waals surface area contributed by atoms with E-state index < -0.39 is 5.97 Å². The lowest BCUT2D eigenvalue weighted by atomic mass is 9.96. The van der Waals surface area contributed by atoms with Crippen LogP contribution in [0.3, 0.4) is 0 Å². The molecule has 0 spiro atoms. The molecule has 0 unspecified atom stereocenters. The lowest BCUT2D eigenvalue weighted by Gasteiger charge is -2.16. The number of nitrogens with two attached hydrogens (primary N) is 1. The Morgan fingerprint density at radius 1 is 1.38 bits per heavy atom. The van der Waals surface area contributed by atoms with Crippen molar-refractivity contribution < 1.29 is 9.53 Å². The average Bonchev–Trinajstić information content (AvgIpc) is 2.96. The summed E-state index contributed by atoms with van der Waals surface area (Å²) in [6.45, 7) is 0. The Labute approximate surface area is 145 Å². The number of hydrogen-bond acceptors (Lipinski definition) is 6. The molecule has 128 valence electrons. The molecular formula is C17H22N4O2S. The van der Waals surface area contributed by atoms with Crippen LogP contribution in [0.1, 0.15) is 42.5 Å². The number of methoxy groups -OCH3 is 1. The third-order valence-electron chi connectivity index (χ3n) is 4.28. The molecule has 2 aromatic rings. The fourth-order valence-corrected chi connectivity index (χ4v) is 3.89. The molecule has 3 rings (SSSR count). The number of carbonyl (C=O) groups is 1. The second kappa shape index (κ2) is 7.17. The van der Waals surface area contributed by atoms with Crippen molar-refractivity contribution in [1.29, 1.82) is 0 Å². The molecule has 2 N–H and O–H groups in total. The predicted molar refractivity (Wildman–Crippen MR) is 94.7 cm³/mol. The van der Waals surface area contributed by atoms with E-state index in [0.29, 0.717) is 17.3 Å². The normalized spacial score (nSPS) is 16.3. The predicted octanol–water partition coefficient (Wildman–Crippen LogP) is 2.75. The van der Waals surface area contributed by atoms with Crippen molar-refractivity contribution >= 4 is 23.0 Å². The minimum atomic E-state index is -0.434. The molecule has 1 aromatic carbocycles. The minimum absolute atomic E-state index is 0.370. The standard InChI is InChI=1S/C17H22N4O2S/c1-21-17(19-12-6-4-3-5-7-12)24-15(20-21)11-8-9-13(14(18)10-11)16(22)23-2/h8-10,12H,3-7,18H2,1-2H3/b19-17+. The van der Waals surface area contributed by atoms with Crippen molar-refractivity contribution in [3.05, 3.63) is 28.6 Å². The lowest BCUT2D eigenvalue weighted by molar-refractivity contribution is 0.0602. The van der Waals surface area contributed by atoms with Gasteiger partial charge in [0.05, 0.1) is 18.7 Å². The zero-order chi connectivity index (χ0) is 17.1. The third kappa shape index (κ3) is 3.51. The lowest BCUT2D eigenvalue weighted by Crippen LogP contribution is -2.18. The largest absolute Gasteiger partial charge is 0.465 e. The monoisotopic (exact) mass is 346 g/mol. The van der Waals surface area contributed by atoms with Gasteiger partial charge in [-0.1, -0.05) is 36.7 Å². The van der Waals surface area contributed by atoms with Crippen LogP contribution in [0, 0.1) is 0 Å². The van der Waals surface area contributed by atoms with Crippen LogP contribution >= 0.6 is 11.3 Å². The molecule has 0 saturated heterocycles. The van der Waals surface area contributed by atoms with Crippen LogP contribution in [-0.2, 0) is 11.8 Å². The molecule has 0 bridgehead atoms. The van der Waals surface area contributed by atoms with E-state index >= 15 is 0 Å². The van der Waals surface area contributed by atoms with E-state index in [1.165, 1.54) is 26.4 Å². The van der Waals surface area contributed by atoms with E-state index in [1.807, 2.05) is 17.8 Å². The van der Waals surface area contributed by atoms with Crippen LogP contribution in [-0.4, -0.2) is 28.9 Å². The van der Waals surface area contributed by atoms with Gasteiger partial charge in [0.2, 0.25) is 4.80 Å². The van der Waals surface area contributed by atoms with Crippen molar-refractivity contribution in [2.45, 2.75) is 38.1 Å². The zero-order valence-electron chi connectivity index (χ0n) is 14.0. The summed E-state index contributed by atoms with van der Waals surface area (Å²) in [6, 6.07) is 5.68. The number of aryl methyl sites for hydroxylation is 1. The Kier molecular flexibility index (Phi) is 4.99. The number of ether oxygens (including phenoxy) is 1. The first-order valence-corrected chi connectivity index (χ1v) is 8.96. The molecule has 1 aromatic heterocycles. The second-order valence-corrected chi connectivity index (χ2v) is 6.98. The summed E-state index contributed by atoms with van der Waals surface area (Å²) in [5, 5.41) is 5.39. The highest BCUT2D eigenvalue weighted by molar-refractivity contribution is 7.12. The highest BCUT2D eigenvalue weighted by Crippen LogP contribution is 2.25. The van der Waals surface area contributed by atoms with Gasteiger partial charge < -0.3 is 10.5 Å². The van der Waals surface area contributed by atoms with Crippen molar-refractivity contribution in [3.8, 4) is 10.6 Å². The van der Waals surface area contributed by atoms with Gasteiger partial charge in [0.25, 0.3) is 0 Å². The maximum Gasteiger partial charge on any atom is 0.339 e. The topological polar surface area (TPSA) is 82.5 Å². The number of esters is 1. The summed E-state index contributed by atoms with van der Waals surface area (Å²) >= 11 is 1.55. The maximum atomic E-state index is 11.6.